The Morgan fingerprint density at radius 2 is 1.92 bits per heavy atom. The average Bonchev–Trinajstić information content (AvgIpc) is 2.99. The molecule has 0 bridgehead atoms. The number of rotatable bonds is 7. The molecule has 0 atom stereocenters. The quantitative estimate of drug-likeness (QED) is 0.630. The van der Waals surface area contributed by atoms with E-state index in [0.717, 1.165) is 32.7 Å². The maximum absolute atomic E-state index is 12.0. The van der Waals surface area contributed by atoms with Crippen LogP contribution < -0.4 is 5.32 Å². The van der Waals surface area contributed by atoms with Crippen LogP contribution in [0.2, 0.25) is 0 Å². The molecule has 1 amide bonds. The molecule has 0 spiro atoms. The summed E-state index contributed by atoms with van der Waals surface area (Å²) in [5.74, 6) is 0.340. The summed E-state index contributed by atoms with van der Waals surface area (Å²) in [5, 5.41) is 13.2. The lowest BCUT2D eigenvalue weighted by molar-refractivity contribution is -0.118. The molecule has 0 fully saturated rings. The second-order valence-corrected chi connectivity index (χ2v) is 7.98. The van der Waals surface area contributed by atoms with E-state index in [0.29, 0.717) is 12.3 Å². The van der Waals surface area contributed by atoms with E-state index in [9.17, 15) is 4.79 Å². The topological polar surface area (TPSA) is 67.8 Å². The molecule has 1 aromatic carbocycles. The lowest BCUT2D eigenvalue weighted by Crippen LogP contribution is -2.27. The molecule has 2 aromatic heterocycles. The van der Waals surface area contributed by atoms with Crippen molar-refractivity contribution < 1.29 is 4.79 Å². The van der Waals surface area contributed by atoms with Gasteiger partial charge in [-0.1, -0.05) is 42.1 Å². The number of amides is 1. The maximum Gasteiger partial charge on any atom is 0.230 e. The molecule has 26 heavy (non-hydrogen) atoms. The number of thioether (sulfide) groups is 1. The van der Waals surface area contributed by atoms with Crippen LogP contribution in [0.3, 0.4) is 0 Å². The van der Waals surface area contributed by atoms with Crippen molar-refractivity contribution in [2.24, 2.45) is 0 Å². The molecule has 0 unspecified atom stereocenters. The largest absolute Gasteiger partial charge is 0.355 e. The number of thiazole rings is 1. The zero-order chi connectivity index (χ0) is 18.4. The van der Waals surface area contributed by atoms with Gasteiger partial charge in [0.15, 0.2) is 0 Å². The summed E-state index contributed by atoms with van der Waals surface area (Å²) >= 11 is 3.00. The Balaban J connectivity index is 1.45. The number of benzene rings is 1. The predicted octanol–water partition coefficient (Wildman–Crippen LogP) is 3.67. The number of aryl methyl sites for hydroxylation is 2. The molecule has 0 aliphatic heterocycles. The van der Waals surface area contributed by atoms with Gasteiger partial charge in [-0.2, -0.15) is 0 Å². The van der Waals surface area contributed by atoms with Gasteiger partial charge in [0.05, 0.1) is 21.3 Å². The van der Waals surface area contributed by atoms with Gasteiger partial charge in [-0.25, -0.2) is 4.98 Å². The van der Waals surface area contributed by atoms with Gasteiger partial charge in [-0.05, 0) is 38.0 Å². The van der Waals surface area contributed by atoms with Crippen molar-refractivity contribution >= 4 is 29.0 Å². The molecule has 0 aliphatic rings. The van der Waals surface area contributed by atoms with E-state index in [-0.39, 0.29) is 5.91 Å². The van der Waals surface area contributed by atoms with E-state index in [4.69, 9.17) is 0 Å². The van der Waals surface area contributed by atoms with Crippen LogP contribution in [0.1, 0.15) is 16.3 Å². The number of hydrogen-bond acceptors (Lipinski definition) is 6. The minimum Gasteiger partial charge on any atom is -0.355 e. The summed E-state index contributed by atoms with van der Waals surface area (Å²) in [6.45, 7) is 4.59. The Morgan fingerprint density at radius 3 is 2.58 bits per heavy atom. The van der Waals surface area contributed by atoms with Crippen molar-refractivity contribution in [3.8, 4) is 10.6 Å². The van der Waals surface area contributed by atoms with Crippen molar-refractivity contribution in [3.63, 3.8) is 0 Å². The van der Waals surface area contributed by atoms with Gasteiger partial charge in [0.1, 0.15) is 10.7 Å². The number of hydrogen-bond donors (Lipinski definition) is 1. The SMILES string of the molecule is Cc1nc(C)c(-c2ccc(SCC(=O)NCCc3ccccc3)nn2)s1. The van der Waals surface area contributed by atoms with Crippen LogP contribution in [0.5, 0.6) is 0 Å². The summed E-state index contributed by atoms with van der Waals surface area (Å²) in [4.78, 5) is 17.4. The van der Waals surface area contributed by atoms with E-state index in [1.54, 1.807) is 11.3 Å². The zero-order valence-electron chi connectivity index (χ0n) is 14.7. The summed E-state index contributed by atoms with van der Waals surface area (Å²) in [7, 11) is 0. The molecule has 0 aliphatic carbocycles. The molecule has 3 rings (SSSR count). The minimum atomic E-state index is 0.00531. The van der Waals surface area contributed by atoms with Crippen molar-refractivity contribution in [1.82, 2.24) is 20.5 Å². The van der Waals surface area contributed by atoms with E-state index < -0.39 is 0 Å². The summed E-state index contributed by atoms with van der Waals surface area (Å²) in [6.07, 6.45) is 0.833. The molecular formula is C19H20N4OS2. The highest BCUT2D eigenvalue weighted by atomic mass is 32.2. The third-order valence-electron chi connectivity index (χ3n) is 3.71. The Hall–Kier alpha value is -2.25. The number of carbonyl (C=O) groups excluding carboxylic acids is 1. The third-order valence-corrected chi connectivity index (χ3v) is 5.72. The van der Waals surface area contributed by atoms with E-state index in [1.807, 2.05) is 44.2 Å². The first-order chi connectivity index (χ1) is 12.6. The maximum atomic E-state index is 12.0. The second-order valence-electron chi connectivity index (χ2n) is 5.78. The fourth-order valence-corrected chi connectivity index (χ4v) is 4.00. The van der Waals surface area contributed by atoms with Gasteiger partial charge >= 0.3 is 0 Å². The van der Waals surface area contributed by atoms with Crippen molar-refractivity contribution in [3.05, 3.63) is 58.7 Å². The Labute approximate surface area is 161 Å². The molecule has 2 heterocycles. The van der Waals surface area contributed by atoms with E-state index in [1.165, 1.54) is 17.3 Å². The van der Waals surface area contributed by atoms with E-state index >= 15 is 0 Å². The van der Waals surface area contributed by atoms with Gasteiger partial charge in [-0.15, -0.1) is 21.5 Å². The lowest BCUT2D eigenvalue weighted by Gasteiger charge is -2.05. The monoisotopic (exact) mass is 384 g/mol. The van der Waals surface area contributed by atoms with Crippen LogP contribution in [-0.4, -0.2) is 33.4 Å². The average molecular weight is 385 g/mol. The van der Waals surface area contributed by atoms with Crippen LogP contribution in [0.25, 0.3) is 10.6 Å². The number of nitrogens with zero attached hydrogens (tertiary/aromatic N) is 3. The number of nitrogens with one attached hydrogen (secondary N) is 1. The Morgan fingerprint density at radius 1 is 1.12 bits per heavy atom. The summed E-state index contributed by atoms with van der Waals surface area (Å²) < 4.78 is 0. The first kappa shape index (κ1) is 18.5. The summed E-state index contributed by atoms with van der Waals surface area (Å²) in [5.41, 5.74) is 3.01. The molecule has 3 aromatic rings. The van der Waals surface area contributed by atoms with Gasteiger partial charge in [0.25, 0.3) is 0 Å². The zero-order valence-corrected chi connectivity index (χ0v) is 16.4. The first-order valence-corrected chi connectivity index (χ1v) is 10.1. The fourth-order valence-electron chi connectivity index (χ4n) is 2.47. The Kier molecular flexibility index (Phi) is 6.35. The Bertz CT molecular complexity index is 863. The summed E-state index contributed by atoms with van der Waals surface area (Å²) in [6, 6.07) is 14.0. The molecule has 7 heteroatoms. The normalized spacial score (nSPS) is 10.7. The standard InChI is InChI=1S/C19H20N4OS2/c1-13-19(26-14(2)21-13)16-8-9-18(23-22-16)25-12-17(24)20-11-10-15-6-4-3-5-7-15/h3-9H,10-12H2,1-2H3,(H,20,24). The predicted molar refractivity (Wildman–Crippen MR) is 106 cm³/mol. The highest BCUT2D eigenvalue weighted by molar-refractivity contribution is 7.99. The minimum absolute atomic E-state index is 0.00531. The second kappa shape index (κ2) is 8.91. The van der Waals surface area contributed by atoms with Crippen LogP contribution in [-0.2, 0) is 11.2 Å². The molecule has 0 saturated carbocycles. The van der Waals surface area contributed by atoms with Gasteiger partial charge in [0, 0.05) is 6.54 Å². The van der Waals surface area contributed by atoms with E-state index in [2.05, 4.69) is 32.6 Å². The van der Waals surface area contributed by atoms with Crippen molar-refractivity contribution in [2.45, 2.75) is 25.3 Å². The van der Waals surface area contributed by atoms with Crippen LogP contribution >= 0.6 is 23.1 Å². The van der Waals surface area contributed by atoms with Crippen LogP contribution in [0.15, 0.2) is 47.5 Å². The third kappa shape index (κ3) is 5.12. The van der Waals surface area contributed by atoms with Crippen molar-refractivity contribution in [1.29, 1.82) is 0 Å². The van der Waals surface area contributed by atoms with Crippen LogP contribution in [0, 0.1) is 13.8 Å². The first-order valence-electron chi connectivity index (χ1n) is 8.33. The molecule has 5 nitrogen and oxygen atoms in total. The fraction of sp³-hybridized carbons (Fsp3) is 0.263. The molecule has 0 radical (unpaired) electrons. The van der Waals surface area contributed by atoms with Gasteiger partial charge in [-0.3, -0.25) is 4.79 Å². The molecule has 1 N–H and O–H groups in total. The lowest BCUT2D eigenvalue weighted by atomic mass is 10.1. The van der Waals surface area contributed by atoms with Gasteiger partial charge in [0.2, 0.25) is 5.91 Å². The molecular weight excluding hydrogens is 364 g/mol. The number of carbonyl (C=O) groups is 1. The molecule has 0 saturated heterocycles. The van der Waals surface area contributed by atoms with Gasteiger partial charge < -0.3 is 5.32 Å². The molecule has 134 valence electrons. The highest BCUT2D eigenvalue weighted by Crippen LogP contribution is 2.28. The number of aromatic nitrogens is 3. The smallest absolute Gasteiger partial charge is 0.230 e. The van der Waals surface area contributed by atoms with Crippen LogP contribution in [0.4, 0.5) is 0 Å². The van der Waals surface area contributed by atoms with Crippen molar-refractivity contribution in [2.75, 3.05) is 12.3 Å². The highest BCUT2D eigenvalue weighted by Gasteiger charge is 2.10.